The molecule has 1 aromatic rings. The molecule has 0 fully saturated rings. The maximum atomic E-state index is 12.1. The van der Waals surface area contributed by atoms with Crippen molar-refractivity contribution < 1.29 is 24.0 Å². The summed E-state index contributed by atoms with van der Waals surface area (Å²) in [5, 5.41) is 13.3. The summed E-state index contributed by atoms with van der Waals surface area (Å²) in [5.41, 5.74) is -0.666. The number of para-hydroxylation sites is 1. The zero-order valence-electron chi connectivity index (χ0n) is 14.3. The van der Waals surface area contributed by atoms with Gasteiger partial charge in [-0.05, 0) is 26.8 Å². The van der Waals surface area contributed by atoms with Gasteiger partial charge in [0.25, 0.3) is 5.69 Å². The van der Waals surface area contributed by atoms with Crippen molar-refractivity contribution in [3.8, 4) is 12.3 Å². The largest absolute Gasteiger partial charge is 0.459 e. The molecule has 1 unspecified atom stereocenters. The number of amides is 1. The number of nitro groups is 1. The minimum atomic E-state index is -1.11. The van der Waals surface area contributed by atoms with Crippen LogP contribution in [-0.2, 0) is 20.9 Å². The minimum absolute atomic E-state index is 0.102. The number of nitrogens with zero attached hydrogens (tertiary/aromatic N) is 1. The van der Waals surface area contributed by atoms with Crippen LogP contribution >= 0.6 is 0 Å². The van der Waals surface area contributed by atoms with E-state index in [-0.39, 0.29) is 24.3 Å². The standard InChI is InChI=1S/C17H20N2O6/c1-5-8-13(18-16(21)25-17(2,3)4)15(20)24-11-12-9-6-7-10-14(12)19(22)23/h1,6-7,9-10,13H,8,11H2,2-4H3,(H,18,21). The third-order valence-corrected chi connectivity index (χ3v) is 2.86. The zero-order chi connectivity index (χ0) is 19.0. The van der Waals surface area contributed by atoms with Crippen molar-refractivity contribution in [1.29, 1.82) is 0 Å². The van der Waals surface area contributed by atoms with E-state index < -0.39 is 28.6 Å². The van der Waals surface area contributed by atoms with E-state index in [0.29, 0.717) is 0 Å². The van der Waals surface area contributed by atoms with E-state index in [4.69, 9.17) is 15.9 Å². The number of nitro benzene ring substituents is 1. The third kappa shape index (κ3) is 6.91. The first kappa shape index (κ1) is 20.0. The number of ether oxygens (including phenoxy) is 2. The monoisotopic (exact) mass is 348 g/mol. The van der Waals surface area contributed by atoms with Gasteiger partial charge in [0.15, 0.2) is 0 Å². The lowest BCUT2D eigenvalue weighted by molar-refractivity contribution is -0.385. The molecule has 8 heteroatoms. The number of esters is 1. The van der Waals surface area contributed by atoms with Gasteiger partial charge in [0.2, 0.25) is 0 Å². The molecule has 0 aromatic heterocycles. The molecule has 0 radical (unpaired) electrons. The summed E-state index contributed by atoms with van der Waals surface area (Å²) >= 11 is 0. The van der Waals surface area contributed by atoms with Gasteiger partial charge in [-0.25, -0.2) is 9.59 Å². The molecule has 1 aromatic carbocycles. The maximum Gasteiger partial charge on any atom is 0.408 e. The molecular formula is C17H20N2O6. The summed E-state index contributed by atoms with van der Waals surface area (Å²) in [5.74, 6) is 1.46. The Hall–Kier alpha value is -3.08. The van der Waals surface area contributed by atoms with Crippen LogP contribution in [0.1, 0.15) is 32.8 Å². The molecule has 1 amide bonds. The highest BCUT2D eigenvalue weighted by Gasteiger charge is 2.25. The van der Waals surface area contributed by atoms with Crippen LogP contribution in [0, 0.1) is 22.5 Å². The van der Waals surface area contributed by atoms with E-state index in [1.165, 1.54) is 18.2 Å². The SMILES string of the molecule is C#CCC(NC(=O)OC(C)(C)C)C(=O)OCc1ccccc1[N+](=O)[O-]. The molecule has 1 rings (SSSR count). The molecule has 0 aliphatic rings. The van der Waals surface area contributed by atoms with E-state index >= 15 is 0 Å². The minimum Gasteiger partial charge on any atom is -0.459 e. The molecular weight excluding hydrogens is 328 g/mol. The quantitative estimate of drug-likeness (QED) is 0.366. The summed E-state index contributed by atoms with van der Waals surface area (Å²) in [6.07, 6.45) is 4.29. The summed E-state index contributed by atoms with van der Waals surface area (Å²) < 4.78 is 10.1. The molecule has 1 N–H and O–H groups in total. The molecule has 134 valence electrons. The second-order valence-corrected chi connectivity index (χ2v) is 6.10. The van der Waals surface area contributed by atoms with Gasteiger partial charge in [-0.15, -0.1) is 12.3 Å². The molecule has 0 saturated carbocycles. The first-order chi connectivity index (χ1) is 11.6. The Morgan fingerprint density at radius 1 is 1.36 bits per heavy atom. The number of carbonyl (C=O) groups excluding carboxylic acids is 2. The molecule has 0 aliphatic heterocycles. The van der Waals surface area contributed by atoms with Crippen LogP contribution in [0.5, 0.6) is 0 Å². The Labute approximate surface area is 145 Å². The number of alkyl carbamates (subject to hydrolysis) is 1. The van der Waals surface area contributed by atoms with Crippen molar-refractivity contribution >= 4 is 17.7 Å². The van der Waals surface area contributed by atoms with E-state index in [1.54, 1.807) is 26.8 Å². The Morgan fingerprint density at radius 2 is 2.00 bits per heavy atom. The van der Waals surface area contributed by atoms with E-state index in [2.05, 4.69) is 11.2 Å². The highest BCUT2D eigenvalue weighted by molar-refractivity contribution is 5.81. The molecule has 0 saturated heterocycles. The van der Waals surface area contributed by atoms with Crippen LogP contribution < -0.4 is 5.32 Å². The first-order valence-electron chi connectivity index (χ1n) is 7.46. The Morgan fingerprint density at radius 3 is 2.56 bits per heavy atom. The summed E-state index contributed by atoms with van der Waals surface area (Å²) in [7, 11) is 0. The van der Waals surface area contributed by atoms with Crippen molar-refractivity contribution in [1.82, 2.24) is 5.32 Å². The second kappa shape index (κ2) is 8.68. The van der Waals surface area contributed by atoms with E-state index in [1.807, 2.05) is 0 Å². The van der Waals surface area contributed by atoms with Crippen LogP contribution in [0.2, 0.25) is 0 Å². The lowest BCUT2D eigenvalue weighted by atomic mass is 10.2. The fourth-order valence-electron chi connectivity index (χ4n) is 1.82. The Bertz CT molecular complexity index is 687. The molecule has 25 heavy (non-hydrogen) atoms. The van der Waals surface area contributed by atoms with Gasteiger partial charge < -0.3 is 14.8 Å². The number of benzene rings is 1. The predicted molar refractivity (Wildman–Crippen MR) is 89.5 cm³/mol. The van der Waals surface area contributed by atoms with Crippen LogP contribution in [0.4, 0.5) is 10.5 Å². The molecule has 8 nitrogen and oxygen atoms in total. The first-order valence-corrected chi connectivity index (χ1v) is 7.46. The number of nitrogens with one attached hydrogen (secondary N) is 1. The van der Waals surface area contributed by atoms with Crippen LogP contribution in [0.3, 0.4) is 0 Å². The van der Waals surface area contributed by atoms with Crippen molar-refractivity contribution in [2.75, 3.05) is 0 Å². The summed E-state index contributed by atoms with van der Waals surface area (Å²) in [6.45, 7) is 4.72. The lowest BCUT2D eigenvalue weighted by Gasteiger charge is -2.22. The van der Waals surface area contributed by atoms with Crippen LogP contribution in [0.25, 0.3) is 0 Å². The molecule has 0 spiro atoms. The molecule has 0 heterocycles. The summed E-state index contributed by atoms with van der Waals surface area (Å²) in [6, 6.07) is 4.77. The van der Waals surface area contributed by atoms with Crippen LogP contribution in [0.15, 0.2) is 24.3 Å². The topological polar surface area (TPSA) is 108 Å². The van der Waals surface area contributed by atoms with Gasteiger partial charge >= 0.3 is 12.1 Å². The van der Waals surface area contributed by atoms with E-state index in [9.17, 15) is 19.7 Å². The van der Waals surface area contributed by atoms with Crippen LogP contribution in [-0.4, -0.2) is 28.6 Å². The van der Waals surface area contributed by atoms with Crippen molar-refractivity contribution in [3.05, 3.63) is 39.9 Å². The van der Waals surface area contributed by atoms with Gasteiger partial charge in [0, 0.05) is 12.5 Å². The Kier molecular flexibility index (Phi) is 6.93. The molecule has 1 atom stereocenters. The molecule has 0 bridgehead atoms. The maximum absolute atomic E-state index is 12.1. The predicted octanol–water partition coefficient (Wildman–Crippen LogP) is 2.55. The van der Waals surface area contributed by atoms with Gasteiger partial charge in [-0.1, -0.05) is 12.1 Å². The van der Waals surface area contributed by atoms with Crippen molar-refractivity contribution in [2.45, 2.75) is 45.4 Å². The fraction of sp³-hybridized carbons (Fsp3) is 0.412. The lowest BCUT2D eigenvalue weighted by Crippen LogP contribution is -2.44. The average molecular weight is 348 g/mol. The highest BCUT2D eigenvalue weighted by atomic mass is 16.6. The Balaban J connectivity index is 2.73. The normalized spacial score (nSPS) is 11.8. The highest BCUT2D eigenvalue weighted by Crippen LogP contribution is 2.18. The van der Waals surface area contributed by atoms with Gasteiger partial charge in [0.05, 0.1) is 10.5 Å². The van der Waals surface area contributed by atoms with Gasteiger partial charge in [-0.2, -0.15) is 0 Å². The number of rotatable bonds is 6. The molecule has 0 aliphatic carbocycles. The number of terminal acetylenes is 1. The zero-order valence-corrected chi connectivity index (χ0v) is 14.3. The van der Waals surface area contributed by atoms with Gasteiger partial charge in [-0.3, -0.25) is 10.1 Å². The average Bonchev–Trinajstić information content (AvgIpc) is 2.50. The second-order valence-electron chi connectivity index (χ2n) is 6.10. The van der Waals surface area contributed by atoms with Crippen molar-refractivity contribution in [2.24, 2.45) is 0 Å². The fourth-order valence-corrected chi connectivity index (χ4v) is 1.82. The van der Waals surface area contributed by atoms with E-state index in [0.717, 1.165) is 0 Å². The number of carbonyl (C=O) groups is 2. The van der Waals surface area contributed by atoms with Crippen molar-refractivity contribution in [3.63, 3.8) is 0 Å². The van der Waals surface area contributed by atoms with Gasteiger partial charge in [0.1, 0.15) is 18.2 Å². The number of hydrogen-bond donors (Lipinski definition) is 1. The summed E-state index contributed by atoms with van der Waals surface area (Å²) in [4.78, 5) is 34.3. The third-order valence-electron chi connectivity index (χ3n) is 2.86. The smallest absolute Gasteiger partial charge is 0.408 e. The number of hydrogen-bond acceptors (Lipinski definition) is 6.